The van der Waals surface area contributed by atoms with Crippen molar-refractivity contribution in [2.45, 2.75) is 41.0 Å². The monoisotopic (exact) mass is 348 g/mol. The standard InChI is InChI=1S/C17H20N2O2S2/c1-11-16(12-4-7-19(11)8-5-12)18-17(20)14-2-3-15(23-14)22-13-6-9-21-10-13/h2-3,6,9-12,16H,4-5,7-8H2,1H3,(H,18,20)/t11-,16-/m0/s1. The minimum atomic E-state index is 0.0691. The van der Waals surface area contributed by atoms with Crippen molar-refractivity contribution in [3.8, 4) is 0 Å². The zero-order valence-corrected chi connectivity index (χ0v) is 14.7. The van der Waals surface area contributed by atoms with Crippen LogP contribution >= 0.6 is 23.1 Å². The summed E-state index contributed by atoms with van der Waals surface area (Å²) in [6, 6.07) is 6.60. The lowest BCUT2D eigenvalue weighted by molar-refractivity contribution is 0.0218. The summed E-state index contributed by atoms with van der Waals surface area (Å²) in [5, 5.41) is 3.29. The number of piperidine rings is 3. The average molecular weight is 348 g/mol. The Morgan fingerprint density at radius 2 is 2.17 bits per heavy atom. The number of nitrogens with one attached hydrogen (secondary N) is 1. The zero-order valence-electron chi connectivity index (χ0n) is 13.0. The molecule has 1 N–H and O–H groups in total. The number of hydrogen-bond acceptors (Lipinski definition) is 5. The van der Waals surface area contributed by atoms with Crippen molar-refractivity contribution in [3.63, 3.8) is 0 Å². The minimum Gasteiger partial charge on any atom is -0.471 e. The van der Waals surface area contributed by atoms with Gasteiger partial charge in [0.25, 0.3) is 5.91 Å². The molecule has 0 radical (unpaired) electrons. The summed E-state index contributed by atoms with van der Waals surface area (Å²) >= 11 is 3.17. The molecule has 6 heteroatoms. The van der Waals surface area contributed by atoms with Gasteiger partial charge in [-0.2, -0.15) is 0 Å². The van der Waals surface area contributed by atoms with Gasteiger partial charge in [0, 0.05) is 12.1 Å². The summed E-state index contributed by atoms with van der Waals surface area (Å²) in [4.78, 5) is 17.0. The Labute approximate surface area is 144 Å². The second kappa shape index (κ2) is 6.34. The summed E-state index contributed by atoms with van der Waals surface area (Å²) in [7, 11) is 0. The molecule has 2 atom stereocenters. The van der Waals surface area contributed by atoms with Crippen molar-refractivity contribution in [2.75, 3.05) is 13.1 Å². The van der Waals surface area contributed by atoms with Gasteiger partial charge in [0.1, 0.15) is 6.26 Å². The molecule has 3 aliphatic heterocycles. The number of nitrogens with zero attached hydrogens (tertiary/aromatic N) is 1. The first-order valence-corrected chi connectivity index (χ1v) is 9.69. The smallest absolute Gasteiger partial charge is 0.261 e. The van der Waals surface area contributed by atoms with E-state index in [2.05, 4.69) is 17.1 Å². The van der Waals surface area contributed by atoms with Gasteiger partial charge in [0.05, 0.1) is 20.2 Å². The number of rotatable bonds is 4. The third-order valence-electron chi connectivity index (χ3n) is 4.99. The molecule has 23 heavy (non-hydrogen) atoms. The van der Waals surface area contributed by atoms with Crippen LogP contribution in [0, 0.1) is 5.92 Å². The normalized spacial score (nSPS) is 29.6. The number of hydrogen-bond donors (Lipinski definition) is 1. The zero-order chi connectivity index (χ0) is 15.8. The maximum Gasteiger partial charge on any atom is 0.261 e. The van der Waals surface area contributed by atoms with Crippen molar-refractivity contribution in [1.29, 1.82) is 0 Å². The molecule has 2 aromatic rings. The average Bonchev–Trinajstić information content (AvgIpc) is 3.23. The van der Waals surface area contributed by atoms with E-state index in [-0.39, 0.29) is 11.9 Å². The molecular formula is C17H20N2O2S2. The molecule has 3 saturated heterocycles. The fourth-order valence-corrected chi connectivity index (χ4v) is 5.65. The van der Waals surface area contributed by atoms with Crippen LogP contribution < -0.4 is 5.32 Å². The van der Waals surface area contributed by atoms with Crippen LogP contribution in [0.4, 0.5) is 0 Å². The van der Waals surface area contributed by atoms with E-state index in [1.807, 2.05) is 18.2 Å². The first kappa shape index (κ1) is 15.3. The molecule has 3 fully saturated rings. The first-order chi connectivity index (χ1) is 11.2. The third-order valence-corrected chi connectivity index (χ3v) is 7.18. The van der Waals surface area contributed by atoms with Crippen LogP contribution in [-0.2, 0) is 0 Å². The van der Waals surface area contributed by atoms with E-state index in [0.29, 0.717) is 12.0 Å². The number of furan rings is 1. The quantitative estimate of drug-likeness (QED) is 0.915. The van der Waals surface area contributed by atoms with Crippen molar-refractivity contribution in [2.24, 2.45) is 5.92 Å². The lowest BCUT2D eigenvalue weighted by Gasteiger charge is -2.49. The van der Waals surface area contributed by atoms with Crippen LogP contribution in [0.25, 0.3) is 0 Å². The van der Waals surface area contributed by atoms with Crippen LogP contribution in [0.2, 0.25) is 0 Å². The highest BCUT2D eigenvalue weighted by Crippen LogP contribution is 2.35. The Morgan fingerprint density at radius 3 is 2.87 bits per heavy atom. The third kappa shape index (κ3) is 3.07. The number of thiophene rings is 1. The minimum absolute atomic E-state index is 0.0691. The van der Waals surface area contributed by atoms with Gasteiger partial charge in [0.15, 0.2) is 0 Å². The number of carbonyl (C=O) groups is 1. The predicted octanol–water partition coefficient (Wildman–Crippen LogP) is 3.70. The van der Waals surface area contributed by atoms with Crippen molar-refractivity contribution in [1.82, 2.24) is 10.2 Å². The lowest BCUT2D eigenvalue weighted by atomic mass is 9.79. The van der Waals surface area contributed by atoms with Gasteiger partial charge in [-0.25, -0.2) is 0 Å². The second-order valence-electron chi connectivity index (χ2n) is 6.29. The second-order valence-corrected chi connectivity index (χ2v) is 8.75. The Kier molecular flexibility index (Phi) is 4.22. The summed E-state index contributed by atoms with van der Waals surface area (Å²) < 4.78 is 6.19. The molecule has 5 heterocycles. The van der Waals surface area contributed by atoms with Crippen LogP contribution in [-0.4, -0.2) is 36.0 Å². The fourth-order valence-electron chi connectivity index (χ4n) is 3.69. The highest BCUT2D eigenvalue weighted by Gasteiger charge is 2.40. The van der Waals surface area contributed by atoms with Gasteiger partial charge < -0.3 is 9.73 Å². The molecule has 0 saturated carbocycles. The van der Waals surface area contributed by atoms with E-state index >= 15 is 0 Å². The Balaban J connectivity index is 1.42. The summed E-state index contributed by atoms with van der Waals surface area (Å²) in [6.45, 7) is 4.61. The van der Waals surface area contributed by atoms with Gasteiger partial charge in [-0.05, 0) is 57.0 Å². The molecular weight excluding hydrogens is 328 g/mol. The molecule has 0 unspecified atom stereocenters. The molecule has 2 aromatic heterocycles. The Hall–Kier alpha value is -1.24. The Bertz CT molecular complexity index is 673. The van der Waals surface area contributed by atoms with Gasteiger partial charge in [-0.15, -0.1) is 11.3 Å². The highest BCUT2D eigenvalue weighted by molar-refractivity contribution is 8.01. The van der Waals surface area contributed by atoms with Crippen LogP contribution in [0.5, 0.6) is 0 Å². The summed E-state index contributed by atoms with van der Waals surface area (Å²) in [5.41, 5.74) is 0. The van der Waals surface area contributed by atoms with E-state index in [0.717, 1.165) is 14.0 Å². The number of amides is 1. The van der Waals surface area contributed by atoms with E-state index in [9.17, 15) is 4.79 Å². The Morgan fingerprint density at radius 1 is 1.35 bits per heavy atom. The van der Waals surface area contributed by atoms with Crippen LogP contribution in [0.3, 0.4) is 0 Å². The molecule has 122 valence electrons. The topological polar surface area (TPSA) is 45.5 Å². The predicted molar refractivity (Wildman–Crippen MR) is 92.2 cm³/mol. The van der Waals surface area contributed by atoms with E-state index in [1.54, 1.807) is 35.6 Å². The SMILES string of the molecule is C[C@H]1[C@H](NC(=O)c2ccc(Sc3ccoc3)s2)C2CCN1CC2. The van der Waals surface area contributed by atoms with Crippen molar-refractivity contribution >= 4 is 29.0 Å². The molecule has 4 nitrogen and oxygen atoms in total. The molecule has 0 aliphatic carbocycles. The molecule has 0 spiro atoms. The van der Waals surface area contributed by atoms with E-state index in [1.165, 1.54) is 25.9 Å². The van der Waals surface area contributed by atoms with Gasteiger partial charge >= 0.3 is 0 Å². The number of fused-ring (bicyclic) bond motifs is 3. The van der Waals surface area contributed by atoms with Crippen LogP contribution in [0.1, 0.15) is 29.4 Å². The summed E-state index contributed by atoms with van der Waals surface area (Å²) in [6.07, 6.45) is 5.81. The molecule has 2 bridgehead atoms. The largest absolute Gasteiger partial charge is 0.471 e. The van der Waals surface area contributed by atoms with Crippen LogP contribution in [0.15, 0.2) is 44.2 Å². The van der Waals surface area contributed by atoms with Gasteiger partial charge in [0.2, 0.25) is 0 Å². The highest BCUT2D eigenvalue weighted by atomic mass is 32.2. The fraction of sp³-hybridized carbons (Fsp3) is 0.471. The van der Waals surface area contributed by atoms with E-state index in [4.69, 9.17) is 4.42 Å². The molecule has 3 aliphatic rings. The van der Waals surface area contributed by atoms with Gasteiger partial charge in [-0.3, -0.25) is 9.69 Å². The lowest BCUT2D eigenvalue weighted by Crippen LogP contribution is -2.62. The van der Waals surface area contributed by atoms with Crippen molar-refractivity contribution in [3.05, 3.63) is 35.6 Å². The maximum absolute atomic E-state index is 12.6. The first-order valence-electron chi connectivity index (χ1n) is 8.05. The van der Waals surface area contributed by atoms with E-state index < -0.39 is 0 Å². The molecule has 0 aromatic carbocycles. The van der Waals surface area contributed by atoms with Gasteiger partial charge in [-0.1, -0.05) is 11.8 Å². The summed E-state index contributed by atoms with van der Waals surface area (Å²) in [5.74, 6) is 0.707. The van der Waals surface area contributed by atoms with Crippen molar-refractivity contribution < 1.29 is 9.21 Å². The molecule has 5 rings (SSSR count). The molecule has 1 amide bonds. The maximum atomic E-state index is 12.6. The number of carbonyl (C=O) groups excluding carboxylic acids is 1.